The Morgan fingerprint density at radius 3 is 2.52 bits per heavy atom. The number of benzene rings is 1. The highest BCUT2D eigenvalue weighted by atomic mass is 16.5. The summed E-state index contributed by atoms with van der Waals surface area (Å²) in [5, 5.41) is 14.0. The van der Waals surface area contributed by atoms with E-state index >= 15 is 0 Å². The molecule has 0 amide bonds. The summed E-state index contributed by atoms with van der Waals surface area (Å²) in [7, 11) is 1.66. The molecule has 0 bridgehead atoms. The Labute approximate surface area is 152 Å². The minimum absolute atomic E-state index is 0.455. The molecule has 1 aliphatic carbocycles. The molecule has 4 heteroatoms. The average molecular weight is 347 g/mol. The van der Waals surface area contributed by atoms with Gasteiger partial charge in [-0.1, -0.05) is 31.9 Å². The zero-order valence-electron chi connectivity index (χ0n) is 15.8. The smallest absolute Gasteiger partial charge is 0.118 e. The molecule has 2 N–H and O–H groups in total. The van der Waals surface area contributed by atoms with Gasteiger partial charge in [0.1, 0.15) is 5.75 Å². The topological polar surface area (TPSA) is 44.7 Å². The van der Waals surface area contributed by atoms with Crippen LogP contribution in [0, 0.1) is 5.92 Å². The Balaban J connectivity index is 1.39. The number of rotatable bonds is 6. The van der Waals surface area contributed by atoms with Gasteiger partial charge in [-0.05, 0) is 62.4 Å². The maximum absolute atomic E-state index is 10.4. The van der Waals surface area contributed by atoms with Crippen LogP contribution in [0.1, 0.15) is 57.1 Å². The predicted octanol–water partition coefficient (Wildman–Crippen LogP) is 3.36. The van der Waals surface area contributed by atoms with E-state index in [0.717, 1.165) is 23.3 Å². The number of methoxy groups -OCH3 is 1. The van der Waals surface area contributed by atoms with E-state index in [1.807, 2.05) is 24.3 Å². The lowest BCUT2D eigenvalue weighted by Gasteiger charge is -2.41. The first-order valence-corrected chi connectivity index (χ1v) is 9.95. The monoisotopic (exact) mass is 346 g/mol. The number of nitrogens with one attached hydrogen (secondary N) is 1. The van der Waals surface area contributed by atoms with Gasteiger partial charge in [0.05, 0.1) is 13.2 Å². The van der Waals surface area contributed by atoms with Crippen molar-refractivity contribution in [2.45, 2.75) is 63.6 Å². The second-order valence-corrected chi connectivity index (χ2v) is 7.93. The Kier molecular flexibility index (Phi) is 6.74. The Morgan fingerprint density at radius 2 is 1.88 bits per heavy atom. The number of aliphatic hydroxyl groups is 1. The predicted molar refractivity (Wildman–Crippen MR) is 102 cm³/mol. The molecule has 1 aromatic carbocycles. The largest absolute Gasteiger partial charge is 0.497 e. The van der Waals surface area contributed by atoms with E-state index in [9.17, 15) is 5.11 Å². The van der Waals surface area contributed by atoms with Gasteiger partial charge in [0.2, 0.25) is 0 Å². The summed E-state index contributed by atoms with van der Waals surface area (Å²) in [6.07, 6.45) is 7.52. The number of ether oxygens (including phenoxy) is 1. The molecule has 3 unspecified atom stereocenters. The van der Waals surface area contributed by atoms with Crippen LogP contribution in [0.2, 0.25) is 0 Å². The van der Waals surface area contributed by atoms with Crippen molar-refractivity contribution in [2.75, 3.05) is 26.7 Å². The molecule has 0 radical (unpaired) electrons. The van der Waals surface area contributed by atoms with Crippen LogP contribution in [0.3, 0.4) is 0 Å². The van der Waals surface area contributed by atoms with Crippen molar-refractivity contribution in [3.63, 3.8) is 0 Å². The molecule has 1 aliphatic heterocycles. The highest BCUT2D eigenvalue weighted by Gasteiger charge is 2.28. The fraction of sp³-hybridized carbons (Fsp3) is 0.714. The maximum Gasteiger partial charge on any atom is 0.118 e. The van der Waals surface area contributed by atoms with Crippen LogP contribution in [0.4, 0.5) is 0 Å². The van der Waals surface area contributed by atoms with Crippen LogP contribution in [0.5, 0.6) is 5.75 Å². The molecule has 25 heavy (non-hydrogen) atoms. The van der Waals surface area contributed by atoms with E-state index in [2.05, 4.69) is 17.1 Å². The molecule has 0 aromatic heterocycles. The zero-order chi connectivity index (χ0) is 17.6. The molecule has 4 nitrogen and oxygen atoms in total. The third-order valence-electron chi connectivity index (χ3n) is 6.06. The SMILES string of the molecule is COc1ccc(C(O)CNC2CCN(C3CCCC(C)C3)CC2)cc1. The molecule has 3 atom stereocenters. The molecular weight excluding hydrogens is 312 g/mol. The lowest BCUT2D eigenvalue weighted by Crippen LogP contribution is -2.48. The zero-order valence-corrected chi connectivity index (χ0v) is 15.8. The second kappa shape index (κ2) is 9.02. The van der Waals surface area contributed by atoms with E-state index in [4.69, 9.17) is 4.74 Å². The van der Waals surface area contributed by atoms with Gasteiger partial charge in [-0.25, -0.2) is 0 Å². The van der Waals surface area contributed by atoms with Crippen molar-refractivity contribution in [3.05, 3.63) is 29.8 Å². The van der Waals surface area contributed by atoms with Gasteiger partial charge in [0.25, 0.3) is 0 Å². The fourth-order valence-corrected chi connectivity index (χ4v) is 4.42. The number of piperidine rings is 1. The molecule has 140 valence electrons. The van der Waals surface area contributed by atoms with Crippen molar-refractivity contribution in [1.29, 1.82) is 0 Å². The van der Waals surface area contributed by atoms with Crippen LogP contribution in [0.25, 0.3) is 0 Å². The molecule has 2 aliphatic rings. The minimum atomic E-state index is -0.455. The first-order chi connectivity index (χ1) is 12.2. The summed E-state index contributed by atoms with van der Waals surface area (Å²) in [5.41, 5.74) is 0.946. The van der Waals surface area contributed by atoms with Crippen molar-refractivity contribution < 1.29 is 9.84 Å². The van der Waals surface area contributed by atoms with Crippen molar-refractivity contribution in [1.82, 2.24) is 10.2 Å². The van der Waals surface area contributed by atoms with E-state index in [-0.39, 0.29) is 0 Å². The third-order valence-corrected chi connectivity index (χ3v) is 6.06. The summed E-state index contributed by atoms with van der Waals surface area (Å²) in [6, 6.07) is 9.04. The Bertz CT molecular complexity index is 511. The molecule has 1 aromatic rings. The molecule has 1 saturated heterocycles. The van der Waals surface area contributed by atoms with Crippen LogP contribution < -0.4 is 10.1 Å². The van der Waals surface area contributed by atoms with Crippen molar-refractivity contribution in [3.8, 4) is 5.75 Å². The van der Waals surface area contributed by atoms with E-state index in [1.54, 1.807) is 7.11 Å². The van der Waals surface area contributed by atoms with Crippen LogP contribution in [-0.4, -0.2) is 48.8 Å². The number of nitrogens with zero attached hydrogens (tertiary/aromatic N) is 1. The number of likely N-dealkylation sites (tertiary alicyclic amines) is 1. The van der Waals surface area contributed by atoms with Gasteiger partial charge in [0.15, 0.2) is 0 Å². The lowest BCUT2D eigenvalue weighted by atomic mass is 9.85. The van der Waals surface area contributed by atoms with Crippen LogP contribution >= 0.6 is 0 Å². The minimum Gasteiger partial charge on any atom is -0.497 e. The van der Waals surface area contributed by atoms with E-state index < -0.39 is 6.10 Å². The highest BCUT2D eigenvalue weighted by molar-refractivity contribution is 5.28. The van der Waals surface area contributed by atoms with Gasteiger partial charge < -0.3 is 20.1 Å². The Morgan fingerprint density at radius 1 is 1.16 bits per heavy atom. The summed E-state index contributed by atoms with van der Waals surface area (Å²) in [4.78, 5) is 2.72. The quantitative estimate of drug-likeness (QED) is 0.829. The van der Waals surface area contributed by atoms with Gasteiger partial charge in [-0.2, -0.15) is 0 Å². The molecule has 3 rings (SSSR count). The van der Waals surface area contributed by atoms with Gasteiger partial charge in [-0.3, -0.25) is 0 Å². The van der Waals surface area contributed by atoms with Crippen molar-refractivity contribution in [2.24, 2.45) is 5.92 Å². The molecular formula is C21H34N2O2. The Hall–Kier alpha value is -1.10. The number of aliphatic hydroxyl groups excluding tert-OH is 1. The lowest BCUT2D eigenvalue weighted by molar-refractivity contribution is 0.0950. The first kappa shape index (κ1) is 18.7. The van der Waals surface area contributed by atoms with E-state index in [1.165, 1.54) is 51.6 Å². The second-order valence-electron chi connectivity index (χ2n) is 7.93. The first-order valence-electron chi connectivity index (χ1n) is 9.95. The van der Waals surface area contributed by atoms with Gasteiger partial charge >= 0.3 is 0 Å². The molecule has 0 spiro atoms. The third kappa shape index (κ3) is 5.19. The van der Waals surface area contributed by atoms with Crippen molar-refractivity contribution >= 4 is 0 Å². The molecule has 2 fully saturated rings. The fourth-order valence-electron chi connectivity index (χ4n) is 4.42. The van der Waals surface area contributed by atoms with Gasteiger partial charge in [0, 0.05) is 18.6 Å². The normalized spacial score (nSPS) is 27.2. The molecule has 1 saturated carbocycles. The van der Waals surface area contributed by atoms with Crippen LogP contribution in [-0.2, 0) is 0 Å². The molecule has 1 heterocycles. The summed E-state index contributed by atoms with van der Waals surface area (Å²) >= 11 is 0. The van der Waals surface area contributed by atoms with Crippen LogP contribution in [0.15, 0.2) is 24.3 Å². The summed E-state index contributed by atoms with van der Waals surface area (Å²) in [6.45, 7) is 5.43. The summed E-state index contributed by atoms with van der Waals surface area (Å²) < 4.78 is 5.17. The average Bonchev–Trinajstić information content (AvgIpc) is 2.66. The highest BCUT2D eigenvalue weighted by Crippen LogP contribution is 2.29. The van der Waals surface area contributed by atoms with Gasteiger partial charge in [-0.15, -0.1) is 0 Å². The summed E-state index contributed by atoms with van der Waals surface area (Å²) in [5.74, 6) is 1.72. The standard InChI is InChI=1S/C21H34N2O2/c1-16-4-3-5-19(14-16)23-12-10-18(11-13-23)22-15-21(24)17-6-8-20(25-2)9-7-17/h6-9,16,18-19,21-22,24H,3-5,10-15H2,1-2H3. The van der Waals surface area contributed by atoms with E-state index in [0.29, 0.717) is 12.6 Å². The number of hydrogen-bond acceptors (Lipinski definition) is 4. The maximum atomic E-state index is 10.4. The number of hydrogen-bond donors (Lipinski definition) is 2.